The highest BCUT2D eigenvalue weighted by Gasteiger charge is 2.30. The Morgan fingerprint density at radius 1 is 0.213 bits per heavy atom. The normalized spacial score (nSPS) is 12.5. The first kappa shape index (κ1) is 39.6. The molecule has 0 fully saturated rings. The number of aromatic nitrogens is 4. The maximum absolute atomic E-state index is 5.30. The van der Waals surface area contributed by atoms with Gasteiger partial charge in [0.05, 0.1) is 61.5 Å². The molecule has 0 N–H and O–H groups in total. The average molecular weight is 949 g/mol. The van der Waals surface area contributed by atoms with Crippen LogP contribution in [0.1, 0.15) is 0 Å². The van der Waals surface area contributed by atoms with E-state index < -0.39 is 0 Å². The Hall–Kier alpha value is -10.0. The second-order valence-electron chi connectivity index (χ2n) is 20.6. The van der Waals surface area contributed by atoms with Crippen LogP contribution in [0.25, 0.3) is 170 Å². The molecule has 0 saturated carbocycles. The molecule has 0 bridgehead atoms. The SMILES string of the molecule is c1ccc(-c2ccc3c(c2)c2cc(-c4ccccc4)cc4c5cc6c7cc(-c8ccccc8)cc8c9cc(-c%10ccccc%10)ncc9n(c6c(-c6cc9c%10ccccc%10n%10c%11ccccc%11c(c6)c9%10)c5n3c24)c87)cc1. The molecule has 0 atom stereocenters. The van der Waals surface area contributed by atoms with Gasteiger partial charge in [0, 0.05) is 75.8 Å². The van der Waals surface area contributed by atoms with Gasteiger partial charge in [0.15, 0.2) is 0 Å². The molecule has 0 unspecified atom stereocenters. The van der Waals surface area contributed by atoms with Crippen LogP contribution >= 0.6 is 0 Å². The van der Waals surface area contributed by atoms with Gasteiger partial charge in [0.1, 0.15) is 0 Å². The molecular formula is C71H40N4. The number of hydrogen-bond acceptors (Lipinski definition) is 1. The average Bonchev–Trinajstić information content (AvgIpc) is 4.42. The molecule has 75 heavy (non-hydrogen) atoms. The summed E-state index contributed by atoms with van der Waals surface area (Å²) in [6, 6.07) is 88.0. The summed E-state index contributed by atoms with van der Waals surface area (Å²) in [5, 5.41) is 14.9. The van der Waals surface area contributed by atoms with E-state index in [2.05, 4.69) is 256 Å². The van der Waals surface area contributed by atoms with Crippen LogP contribution in [0.4, 0.5) is 0 Å². The largest absolute Gasteiger partial charge is 0.308 e. The number of hydrogen-bond donors (Lipinski definition) is 0. The molecule has 4 nitrogen and oxygen atoms in total. The third-order valence-electron chi connectivity index (χ3n) is 16.8. The van der Waals surface area contributed by atoms with Crippen LogP contribution in [0.3, 0.4) is 0 Å². The molecule has 0 aliphatic heterocycles. The molecule has 0 spiro atoms. The molecule has 344 valence electrons. The molecule has 7 heterocycles. The minimum atomic E-state index is 0.966. The van der Waals surface area contributed by atoms with Crippen LogP contribution in [0.2, 0.25) is 0 Å². The molecule has 0 saturated heterocycles. The third-order valence-corrected chi connectivity index (χ3v) is 16.8. The number of pyridine rings is 1. The molecule has 18 aromatic rings. The maximum Gasteiger partial charge on any atom is 0.0725 e. The summed E-state index contributed by atoms with van der Waals surface area (Å²) in [6.45, 7) is 0. The van der Waals surface area contributed by atoms with Gasteiger partial charge >= 0.3 is 0 Å². The Labute approximate surface area is 428 Å². The van der Waals surface area contributed by atoms with Crippen molar-refractivity contribution in [2.45, 2.75) is 0 Å². The fraction of sp³-hybridized carbons (Fsp3) is 0. The zero-order valence-corrected chi connectivity index (χ0v) is 40.4. The maximum atomic E-state index is 5.30. The van der Waals surface area contributed by atoms with Crippen molar-refractivity contribution in [3.63, 3.8) is 0 Å². The lowest BCUT2D eigenvalue weighted by molar-refractivity contribution is 1.30. The number of para-hydroxylation sites is 2. The van der Waals surface area contributed by atoms with Gasteiger partial charge in [0.2, 0.25) is 0 Å². The second-order valence-corrected chi connectivity index (χ2v) is 20.6. The Bertz CT molecular complexity index is 5050. The molecule has 0 radical (unpaired) electrons. The van der Waals surface area contributed by atoms with Crippen LogP contribution in [0.15, 0.2) is 243 Å². The van der Waals surface area contributed by atoms with Gasteiger partial charge in [-0.1, -0.05) is 164 Å². The van der Waals surface area contributed by atoms with Crippen molar-refractivity contribution in [1.82, 2.24) is 18.2 Å². The lowest BCUT2D eigenvalue weighted by Crippen LogP contribution is -1.92. The minimum absolute atomic E-state index is 0.966. The van der Waals surface area contributed by atoms with E-state index in [9.17, 15) is 0 Å². The first-order chi connectivity index (χ1) is 37.2. The number of fused-ring (bicyclic) bond motifs is 18. The lowest BCUT2D eigenvalue weighted by Gasteiger charge is -2.12. The van der Waals surface area contributed by atoms with Gasteiger partial charge < -0.3 is 13.2 Å². The highest BCUT2D eigenvalue weighted by molar-refractivity contribution is 6.35. The van der Waals surface area contributed by atoms with Crippen molar-refractivity contribution < 1.29 is 0 Å². The van der Waals surface area contributed by atoms with Gasteiger partial charge in [-0.05, 0) is 112 Å². The Kier molecular flexibility index (Phi) is 7.57. The highest BCUT2D eigenvalue weighted by Crippen LogP contribution is 2.53. The Morgan fingerprint density at radius 2 is 0.587 bits per heavy atom. The fourth-order valence-electron chi connectivity index (χ4n) is 13.6. The van der Waals surface area contributed by atoms with Crippen molar-refractivity contribution in [3.8, 4) is 55.8 Å². The van der Waals surface area contributed by atoms with Gasteiger partial charge in [-0.3, -0.25) is 4.98 Å². The van der Waals surface area contributed by atoms with Crippen LogP contribution in [0.5, 0.6) is 0 Å². The van der Waals surface area contributed by atoms with Crippen LogP contribution < -0.4 is 0 Å². The highest BCUT2D eigenvalue weighted by atomic mass is 15.0. The van der Waals surface area contributed by atoms with Gasteiger partial charge in [-0.2, -0.15) is 0 Å². The van der Waals surface area contributed by atoms with Crippen molar-refractivity contribution in [2.24, 2.45) is 0 Å². The summed E-state index contributed by atoms with van der Waals surface area (Å²) in [5.41, 5.74) is 22.6. The molecule has 0 amide bonds. The van der Waals surface area contributed by atoms with E-state index in [0.717, 1.165) is 16.8 Å². The van der Waals surface area contributed by atoms with Crippen molar-refractivity contribution in [1.29, 1.82) is 0 Å². The number of benzene rings is 11. The number of rotatable bonds is 5. The van der Waals surface area contributed by atoms with Crippen molar-refractivity contribution in [2.75, 3.05) is 0 Å². The van der Waals surface area contributed by atoms with E-state index in [1.54, 1.807) is 0 Å². The van der Waals surface area contributed by atoms with E-state index in [1.165, 1.54) is 153 Å². The quantitative estimate of drug-likeness (QED) is 0.169. The predicted molar refractivity (Wildman–Crippen MR) is 315 cm³/mol. The van der Waals surface area contributed by atoms with E-state index in [-0.39, 0.29) is 0 Å². The molecule has 11 aromatic carbocycles. The summed E-state index contributed by atoms with van der Waals surface area (Å²) in [7, 11) is 0. The van der Waals surface area contributed by atoms with Crippen molar-refractivity contribution >= 4 is 114 Å². The molecule has 0 aliphatic carbocycles. The first-order valence-electron chi connectivity index (χ1n) is 25.9. The molecule has 4 heteroatoms. The Balaban J connectivity index is 1.09. The van der Waals surface area contributed by atoms with Gasteiger partial charge in [-0.15, -0.1) is 0 Å². The monoisotopic (exact) mass is 948 g/mol. The summed E-state index contributed by atoms with van der Waals surface area (Å²) in [6.07, 6.45) is 2.14. The van der Waals surface area contributed by atoms with Crippen LogP contribution in [0, 0.1) is 0 Å². The number of nitrogens with zero attached hydrogens (tertiary/aromatic N) is 4. The molecular weight excluding hydrogens is 909 g/mol. The second kappa shape index (κ2) is 14.3. The zero-order valence-electron chi connectivity index (χ0n) is 40.4. The van der Waals surface area contributed by atoms with Crippen molar-refractivity contribution in [3.05, 3.63) is 243 Å². The zero-order chi connectivity index (χ0) is 48.6. The topological polar surface area (TPSA) is 26.1 Å². The summed E-state index contributed by atoms with van der Waals surface area (Å²) in [4.78, 5) is 5.30. The molecule has 18 rings (SSSR count). The summed E-state index contributed by atoms with van der Waals surface area (Å²) < 4.78 is 7.70. The van der Waals surface area contributed by atoms with E-state index in [1.807, 2.05) is 0 Å². The summed E-state index contributed by atoms with van der Waals surface area (Å²) in [5.74, 6) is 0. The van der Waals surface area contributed by atoms with Crippen LogP contribution in [-0.4, -0.2) is 18.2 Å². The summed E-state index contributed by atoms with van der Waals surface area (Å²) >= 11 is 0. The fourth-order valence-corrected chi connectivity index (χ4v) is 13.6. The standard InChI is InChI=1S/C71H40N4/c1-5-17-41(18-6-1)45-29-30-64-51(31-45)55-32-46(42-19-7-2-8-20-42)34-57-59-38-60-58-35-47(43-21-9-3-10-22-43)33-56-52-39-61(44-23-11-4-12-24-44)72-40-65(52)75(69(56)58)71(60)66(70(59)74(64)68(55)57)48-36-53-49-25-13-15-27-62(49)73-63-28-16-14-26-50(63)54(37-48)67(53)73/h1-40H. The van der Waals surface area contributed by atoms with E-state index in [4.69, 9.17) is 4.98 Å². The minimum Gasteiger partial charge on any atom is -0.308 e. The van der Waals surface area contributed by atoms with Crippen LogP contribution in [-0.2, 0) is 0 Å². The predicted octanol–water partition coefficient (Wildman–Crippen LogP) is 18.9. The smallest absolute Gasteiger partial charge is 0.0725 e. The Morgan fingerprint density at radius 3 is 1.13 bits per heavy atom. The third kappa shape index (κ3) is 5.17. The van der Waals surface area contributed by atoms with E-state index in [0.29, 0.717) is 0 Å². The van der Waals surface area contributed by atoms with Gasteiger partial charge in [0.25, 0.3) is 0 Å². The first-order valence-corrected chi connectivity index (χ1v) is 25.9. The van der Waals surface area contributed by atoms with Gasteiger partial charge in [-0.25, -0.2) is 0 Å². The molecule has 7 aromatic heterocycles. The van der Waals surface area contributed by atoms with E-state index >= 15 is 0 Å². The molecule has 0 aliphatic rings. The lowest BCUT2D eigenvalue weighted by atomic mass is 9.93.